The number of amidine groups is 1. The number of anilines is 3. The lowest BCUT2D eigenvalue weighted by Crippen LogP contribution is -2.45. The standard InChI is InChI=1S/C14H21ClN4.2C12H18ClN5.C11H16ClN5.3C10H14ClN5.C9H12ClN5.C8H10ClN5/c1-10(2)8-13(16)19-14(17)18-7-6-11-4-3-5-12(15)9-11;1-8(2)16-11(14)17-12(15)18(3)10-6-4-9(13)5-7-10;1-8(2)17-12(15)18-11(14)16-7-9-4-3-5-10(13)6-9;1-7(2)15-10(13)17-11(14)16-9-5-3-4-8(12)6-9;1-16(2)10(13)15-9(12)14-8-5-3-7(11)4-6-8;1-15(10(14)16(2)9(12)13)8-5-3-7(11)4-6-8;11-8-3-1-2-7(6-8)4-5-15-10(14)16-9(12)13;10-7-3-1-2-6(4-7)5-14-9(13)15-8(11)12;9-5-2-1-3-6(4-5)13-8(12)14-7(10)11/h3-5,9-10H,6-8H2,1-2H3,(H4,16,17,18,19);4-8H,1-3H3,(H4,14,15,16,17);3-6,8H,7H2,1-2H3,(H5,14,15,16,17,18);3-7H,1-2H3,(H5,13,14,15,16,17);3-6H,1-2H3,(H4,12,13,14,15);3-6,14H,1-2H3,(H3,12,13);1-3,6H,4-5H2,(H6,12,13,14,15,16);1-4H,5H2,(H6,11,12,13,14,15);1-4H,(H6,10,11,12,13,14). The molecule has 0 unspecified atom stereocenters. The number of hydrogen-bond donors (Lipinski definition) is 24. The Labute approximate surface area is 915 Å². The van der Waals surface area contributed by atoms with E-state index in [4.69, 9.17) is 230 Å². The van der Waals surface area contributed by atoms with Crippen LogP contribution in [0.2, 0.25) is 45.2 Å². The molecule has 44 N–H and O–H groups in total. The summed E-state index contributed by atoms with van der Waals surface area (Å²) in [7, 11) is 8.63. The molecule has 0 heterocycles. The van der Waals surface area contributed by atoms with E-state index in [1.165, 1.54) is 4.90 Å². The lowest BCUT2D eigenvalue weighted by molar-refractivity contribution is 0.615. The molecule has 9 aromatic carbocycles. The Morgan fingerprint density at radius 3 is 1.08 bits per heavy atom. The van der Waals surface area contributed by atoms with Crippen LogP contribution in [0.5, 0.6) is 0 Å². The van der Waals surface area contributed by atoms with E-state index < -0.39 is 0 Å². The first kappa shape index (κ1) is 131. The first-order valence-electron chi connectivity index (χ1n) is 44.6. The van der Waals surface area contributed by atoms with Crippen LogP contribution in [0, 0.1) is 16.7 Å². The molecule has 0 fully saturated rings. The predicted molar refractivity (Wildman–Crippen MR) is 635 cm³/mol. The molecule has 804 valence electrons. The van der Waals surface area contributed by atoms with Crippen molar-refractivity contribution in [3.8, 4) is 0 Å². The van der Waals surface area contributed by atoms with E-state index in [1.54, 1.807) is 159 Å². The Morgan fingerprint density at radius 2 is 0.671 bits per heavy atom. The zero-order valence-corrected chi connectivity index (χ0v) is 91.7. The molecule has 0 saturated heterocycles. The number of benzene rings is 9. The third kappa shape index (κ3) is 66.2. The van der Waals surface area contributed by atoms with Gasteiger partial charge in [-0.05, 0) is 240 Å². The number of halogens is 9. The van der Waals surface area contributed by atoms with Gasteiger partial charge in [-0.25, -0.2) is 34.9 Å². The number of nitrogens with one attached hydrogen (secondary N) is 4. The number of aliphatic imine (C=N–C) groups is 16. The third-order valence-corrected chi connectivity index (χ3v) is 19.1. The minimum absolute atomic E-state index is 0.00716. The first-order chi connectivity index (χ1) is 69.9. The van der Waals surface area contributed by atoms with E-state index >= 15 is 0 Å². The molecular weight excluding hydrogens is 2090 g/mol. The van der Waals surface area contributed by atoms with Crippen LogP contribution in [-0.4, -0.2) is 183 Å². The van der Waals surface area contributed by atoms with E-state index in [9.17, 15) is 0 Å². The monoisotopic (exact) mass is 2220 g/mol. The molecule has 0 spiro atoms. The van der Waals surface area contributed by atoms with Crippen molar-refractivity contribution in [3.05, 3.63) is 286 Å². The molecule has 149 heavy (non-hydrogen) atoms. The maximum absolute atomic E-state index is 7.82. The van der Waals surface area contributed by atoms with Gasteiger partial charge in [0.1, 0.15) is 5.84 Å². The molecule has 0 radical (unpaired) electrons. The third-order valence-electron chi connectivity index (χ3n) is 16.9. The van der Waals surface area contributed by atoms with E-state index in [0.717, 1.165) is 63.6 Å². The summed E-state index contributed by atoms with van der Waals surface area (Å²) in [6.45, 7) is 17.6. The van der Waals surface area contributed by atoms with E-state index in [2.05, 4.69) is 104 Å². The highest BCUT2D eigenvalue weighted by molar-refractivity contribution is 6.33. The van der Waals surface area contributed by atoms with Crippen molar-refractivity contribution in [3.63, 3.8) is 0 Å². The highest BCUT2D eigenvalue weighted by Gasteiger charge is 2.15. The topological polar surface area (TPSA) is 803 Å². The number of hydrogen-bond acceptors (Lipinski definition) is 11. The zero-order valence-electron chi connectivity index (χ0n) is 84.9. The van der Waals surface area contributed by atoms with Gasteiger partial charge in [-0.15, -0.1) is 0 Å². The Kier molecular flexibility index (Phi) is 64.1. The van der Waals surface area contributed by atoms with Crippen molar-refractivity contribution < 1.29 is 0 Å². The largest absolute Gasteiger partial charge is 0.387 e. The predicted octanol–water partition coefficient (Wildman–Crippen LogP) is 11.8. The Bertz CT molecular complexity index is 6140. The lowest BCUT2D eigenvalue weighted by atomic mass is 10.1. The second kappa shape index (κ2) is 72.7. The van der Waals surface area contributed by atoms with Crippen LogP contribution < -0.4 is 135 Å². The van der Waals surface area contributed by atoms with Crippen molar-refractivity contribution in [1.29, 1.82) is 10.8 Å². The van der Waals surface area contributed by atoms with Crippen LogP contribution in [0.25, 0.3) is 0 Å². The normalized spacial score (nSPS) is 12.0. The fraction of sp³-hybridized carbons (Fsp3) is 0.250. The molecule has 0 aliphatic rings. The maximum atomic E-state index is 7.82. The average Bonchev–Trinajstić information content (AvgIpc) is 0.856. The summed E-state index contributed by atoms with van der Waals surface area (Å²) in [6, 6.07) is 65.6. The molecule has 0 aliphatic carbocycles. The molecule has 0 amide bonds. The van der Waals surface area contributed by atoms with Crippen LogP contribution in [0.15, 0.2) is 298 Å². The average molecular weight is 2230 g/mol. The van der Waals surface area contributed by atoms with Gasteiger partial charge >= 0.3 is 0 Å². The SMILES string of the molecule is CC(C)CC(N)=NC(N)=NCCc1cccc(Cl)c1.CC(C)N=C(N)N=C(N)N(C)c1ccc(Cl)cc1.CC(C)N=C(N)N=C(N)Nc1cccc(Cl)c1.CC(C)N=C(N)NC(N)=NCc1cccc(Cl)c1.CN(C(=N)N)C(=N)N(C)c1ccc(Cl)cc1.CN(C)C(N)=NC(N)=Nc1ccc(Cl)cc1.NC(N)=NC(N)=NCCc1cccc(Cl)c1.NC(N)=NC(N)=NCc1cccc(Cl)c1.NC(N)=NC(N)=Nc1cccc(Cl)c1. The maximum Gasteiger partial charge on any atom is 0.223 e. The van der Waals surface area contributed by atoms with Gasteiger partial charge in [0.05, 0.1) is 24.5 Å². The Hall–Kier alpha value is -15.6. The van der Waals surface area contributed by atoms with Crippen molar-refractivity contribution in [2.75, 3.05) is 63.4 Å². The van der Waals surface area contributed by atoms with Gasteiger partial charge in [-0.3, -0.25) is 36.0 Å². The van der Waals surface area contributed by atoms with E-state index in [1.807, 2.05) is 151 Å². The minimum Gasteiger partial charge on any atom is -0.387 e. The molecular formula is C96H137Cl9N44. The van der Waals surface area contributed by atoms with Crippen molar-refractivity contribution in [2.45, 2.75) is 106 Å². The summed E-state index contributed by atoms with van der Waals surface area (Å²) in [6.07, 6.45) is 2.24. The summed E-state index contributed by atoms with van der Waals surface area (Å²) in [4.78, 5) is 69.4. The summed E-state index contributed by atoms with van der Waals surface area (Å²) < 4.78 is 0. The summed E-state index contributed by atoms with van der Waals surface area (Å²) >= 11 is 52.3. The Balaban J connectivity index is 0.000000839. The van der Waals surface area contributed by atoms with Crippen LogP contribution in [0.1, 0.15) is 84.1 Å². The van der Waals surface area contributed by atoms with Crippen LogP contribution in [0.3, 0.4) is 0 Å². The number of nitrogens with two attached hydrogens (primary N) is 20. The van der Waals surface area contributed by atoms with Gasteiger partial charge in [-0.1, -0.05) is 179 Å². The molecule has 0 aliphatic heterocycles. The molecule has 0 bridgehead atoms. The second-order valence-electron chi connectivity index (χ2n) is 31.8. The first-order valence-corrected chi connectivity index (χ1v) is 48.0. The molecule has 0 aromatic heterocycles. The second-order valence-corrected chi connectivity index (χ2v) is 35.7. The summed E-state index contributed by atoms with van der Waals surface area (Å²) in [5, 5.41) is 26.6. The molecule has 44 nitrogen and oxygen atoms in total. The van der Waals surface area contributed by atoms with Crippen molar-refractivity contribution in [1.82, 2.24) is 15.1 Å². The minimum atomic E-state index is -0.175. The van der Waals surface area contributed by atoms with Gasteiger partial charge < -0.3 is 135 Å². The smallest absolute Gasteiger partial charge is 0.223 e. The van der Waals surface area contributed by atoms with Gasteiger partial charge in [0.25, 0.3) is 0 Å². The molecule has 53 heteroatoms. The molecule has 0 saturated carbocycles. The summed E-state index contributed by atoms with van der Waals surface area (Å²) in [5.41, 5.74) is 117. The molecule has 9 rings (SSSR count). The van der Waals surface area contributed by atoms with Crippen molar-refractivity contribution >= 4 is 240 Å². The van der Waals surface area contributed by atoms with Gasteiger partial charge in [0.2, 0.25) is 59.6 Å². The van der Waals surface area contributed by atoms with E-state index in [0.29, 0.717) is 95.4 Å². The molecule has 9 aromatic rings. The number of nitrogens with zero attached hydrogens (tertiary/aromatic N) is 20. The van der Waals surface area contributed by atoms with Gasteiger partial charge in [0.15, 0.2) is 41.7 Å². The fourth-order valence-electron chi connectivity index (χ4n) is 10.4. The highest BCUT2D eigenvalue weighted by atomic mass is 35.5. The van der Waals surface area contributed by atoms with Crippen LogP contribution in [-0.2, 0) is 25.9 Å². The Morgan fingerprint density at radius 1 is 0.315 bits per heavy atom. The van der Waals surface area contributed by atoms with Crippen molar-refractivity contribution in [2.24, 2.45) is 200 Å². The van der Waals surface area contributed by atoms with Gasteiger partial charge in [-0.2, -0.15) is 30.0 Å². The summed E-state index contributed by atoms with van der Waals surface area (Å²) in [5.74, 6) is 2.63. The zero-order chi connectivity index (χ0) is 113. The highest BCUT2D eigenvalue weighted by Crippen LogP contribution is 2.23. The lowest BCUT2D eigenvalue weighted by Gasteiger charge is -2.26. The van der Waals surface area contributed by atoms with Gasteiger partial charge in [0, 0.05) is 135 Å². The fourth-order valence-corrected chi connectivity index (χ4v) is 12.0. The molecule has 0 atom stereocenters. The number of guanidine groups is 17. The quantitative estimate of drug-likeness (QED) is 0.0249. The van der Waals surface area contributed by atoms with E-state index in [-0.39, 0.29) is 113 Å². The van der Waals surface area contributed by atoms with Crippen LogP contribution >= 0.6 is 104 Å². The van der Waals surface area contributed by atoms with Crippen LogP contribution in [0.4, 0.5) is 28.4 Å². The number of rotatable bonds is 20.